The molecular weight excluding hydrogens is 406 g/mol. The van der Waals surface area contributed by atoms with Gasteiger partial charge in [0, 0.05) is 30.9 Å². The zero-order valence-corrected chi connectivity index (χ0v) is 19.0. The number of fused-ring (bicyclic) bond motifs is 1. The second kappa shape index (κ2) is 9.21. The summed E-state index contributed by atoms with van der Waals surface area (Å²) in [5.74, 6) is 0.329. The van der Waals surface area contributed by atoms with E-state index in [0.29, 0.717) is 18.0 Å². The number of amides is 1. The summed E-state index contributed by atoms with van der Waals surface area (Å²) < 4.78 is 0. The Hall–Kier alpha value is -2.69. The van der Waals surface area contributed by atoms with Crippen molar-refractivity contribution in [1.82, 2.24) is 15.2 Å². The van der Waals surface area contributed by atoms with E-state index in [0.717, 1.165) is 34.9 Å². The van der Waals surface area contributed by atoms with E-state index in [9.17, 15) is 4.79 Å². The van der Waals surface area contributed by atoms with Crippen LogP contribution < -0.4 is 5.32 Å². The summed E-state index contributed by atoms with van der Waals surface area (Å²) in [7, 11) is 0. The Morgan fingerprint density at radius 3 is 2.48 bits per heavy atom. The molecule has 0 saturated carbocycles. The molecule has 1 amide bonds. The van der Waals surface area contributed by atoms with Gasteiger partial charge in [-0.05, 0) is 47.7 Å². The first-order valence-electron chi connectivity index (χ1n) is 10.7. The highest BCUT2D eigenvalue weighted by Gasteiger charge is 2.34. The molecule has 0 saturated heterocycles. The number of hydrogen-bond acceptors (Lipinski definition) is 3. The Morgan fingerprint density at radius 1 is 1.13 bits per heavy atom. The molecular formula is C26H28ClN3O. The molecule has 2 aromatic carbocycles. The maximum atomic E-state index is 12.7. The smallest absolute Gasteiger partial charge is 0.253 e. The van der Waals surface area contributed by atoms with E-state index >= 15 is 0 Å². The lowest BCUT2D eigenvalue weighted by Gasteiger charge is -2.27. The number of benzene rings is 2. The van der Waals surface area contributed by atoms with E-state index in [-0.39, 0.29) is 11.9 Å². The molecule has 1 aromatic heterocycles. The van der Waals surface area contributed by atoms with Crippen LogP contribution in [0.25, 0.3) is 0 Å². The predicted octanol–water partition coefficient (Wildman–Crippen LogP) is 5.69. The summed E-state index contributed by atoms with van der Waals surface area (Å²) in [6.07, 6.45) is 1.71. The lowest BCUT2D eigenvalue weighted by atomic mass is 9.99. The number of hydrogen-bond donors (Lipinski definition) is 1. The summed E-state index contributed by atoms with van der Waals surface area (Å²) in [5, 5.41) is 3.76. The molecule has 1 atom stereocenters. The molecule has 2 heterocycles. The first-order chi connectivity index (χ1) is 14.9. The first-order valence-corrected chi connectivity index (χ1v) is 11.1. The van der Waals surface area contributed by atoms with E-state index < -0.39 is 0 Å². The summed E-state index contributed by atoms with van der Waals surface area (Å²) >= 11 is 6.04. The maximum Gasteiger partial charge on any atom is 0.253 e. The van der Waals surface area contributed by atoms with Crippen LogP contribution in [0.3, 0.4) is 0 Å². The Bertz CT molecular complexity index is 1060. The van der Waals surface area contributed by atoms with Gasteiger partial charge >= 0.3 is 0 Å². The van der Waals surface area contributed by atoms with Crippen LogP contribution in [-0.4, -0.2) is 15.8 Å². The molecule has 160 valence electrons. The van der Waals surface area contributed by atoms with Crippen molar-refractivity contribution < 1.29 is 4.79 Å². The lowest BCUT2D eigenvalue weighted by Crippen LogP contribution is -2.25. The van der Waals surface area contributed by atoms with Crippen molar-refractivity contribution in [1.29, 1.82) is 0 Å². The number of aromatic nitrogens is 1. The average Bonchev–Trinajstić information content (AvgIpc) is 3.12. The number of rotatable bonds is 6. The van der Waals surface area contributed by atoms with E-state index in [2.05, 4.69) is 55.3 Å². The monoisotopic (exact) mass is 433 g/mol. The van der Waals surface area contributed by atoms with Crippen LogP contribution in [0.4, 0.5) is 0 Å². The number of nitrogens with one attached hydrogen (secondary N) is 1. The van der Waals surface area contributed by atoms with Crippen LogP contribution in [0.15, 0.2) is 60.8 Å². The maximum absolute atomic E-state index is 12.7. The Morgan fingerprint density at radius 2 is 1.81 bits per heavy atom. The Labute approximate surface area is 189 Å². The topological polar surface area (TPSA) is 45.2 Å². The molecule has 3 aromatic rings. The molecule has 31 heavy (non-hydrogen) atoms. The fourth-order valence-electron chi connectivity index (χ4n) is 4.23. The van der Waals surface area contributed by atoms with E-state index in [4.69, 9.17) is 16.6 Å². The van der Waals surface area contributed by atoms with Gasteiger partial charge in [-0.25, -0.2) is 0 Å². The van der Waals surface area contributed by atoms with Crippen LogP contribution in [0.2, 0.25) is 5.02 Å². The molecule has 0 aliphatic carbocycles. The minimum atomic E-state index is -0.0897. The fraction of sp³-hybridized carbons (Fsp3) is 0.308. The molecule has 0 spiro atoms. The van der Waals surface area contributed by atoms with Crippen molar-refractivity contribution in [3.8, 4) is 0 Å². The van der Waals surface area contributed by atoms with E-state index in [1.807, 2.05) is 30.3 Å². The quantitative estimate of drug-likeness (QED) is 0.543. The van der Waals surface area contributed by atoms with Crippen LogP contribution in [0.1, 0.15) is 58.2 Å². The number of aryl methyl sites for hydroxylation is 1. The van der Waals surface area contributed by atoms with Gasteiger partial charge in [-0.2, -0.15) is 0 Å². The molecule has 4 nitrogen and oxygen atoms in total. The third kappa shape index (κ3) is 4.97. The highest BCUT2D eigenvalue weighted by Crippen LogP contribution is 2.38. The van der Waals surface area contributed by atoms with Crippen molar-refractivity contribution in [2.45, 2.75) is 46.4 Å². The molecule has 1 aliphatic rings. The normalized spacial score (nSPS) is 15.8. The minimum absolute atomic E-state index is 0.0897. The summed E-state index contributed by atoms with van der Waals surface area (Å²) in [4.78, 5) is 19.9. The number of nitrogens with zero attached hydrogens (tertiary/aromatic N) is 2. The van der Waals surface area contributed by atoms with Gasteiger partial charge in [-0.15, -0.1) is 0 Å². The molecule has 0 bridgehead atoms. The minimum Gasteiger partial charge on any atom is -0.348 e. The van der Waals surface area contributed by atoms with Crippen LogP contribution in [0, 0.1) is 12.8 Å². The van der Waals surface area contributed by atoms with Gasteiger partial charge in [0.05, 0.1) is 17.3 Å². The highest BCUT2D eigenvalue weighted by molar-refractivity contribution is 6.30. The van der Waals surface area contributed by atoms with Crippen LogP contribution in [-0.2, 0) is 19.6 Å². The Kier molecular flexibility index (Phi) is 6.40. The van der Waals surface area contributed by atoms with Gasteiger partial charge in [0.1, 0.15) is 0 Å². The van der Waals surface area contributed by atoms with Crippen molar-refractivity contribution >= 4 is 17.5 Å². The van der Waals surface area contributed by atoms with Crippen molar-refractivity contribution in [2.75, 3.05) is 0 Å². The molecule has 0 radical (unpaired) electrons. The number of halogens is 1. The Balaban J connectivity index is 1.48. The second-order valence-electron chi connectivity index (χ2n) is 8.66. The van der Waals surface area contributed by atoms with Crippen molar-refractivity contribution in [2.24, 2.45) is 5.92 Å². The number of carbonyl (C=O) groups is 1. The zero-order chi connectivity index (χ0) is 22.0. The third-order valence-corrected chi connectivity index (χ3v) is 6.07. The number of pyridine rings is 1. The highest BCUT2D eigenvalue weighted by atomic mass is 35.5. The summed E-state index contributed by atoms with van der Waals surface area (Å²) in [6, 6.07) is 18.4. The zero-order valence-electron chi connectivity index (χ0n) is 18.2. The standard InChI is InChI=1S/C26H28ClN3O/c1-17(2)25-24-22(16-30(25)15-20-8-10-23(27)11-9-20)12-21(14-28-24)26(31)29-13-19-6-4-18(3)5-7-19/h4-12,14,17,25H,13,15-16H2,1-3H3,(H,29,31)/t25-/m0/s1. The van der Waals surface area contributed by atoms with Gasteiger partial charge in [0.2, 0.25) is 0 Å². The van der Waals surface area contributed by atoms with Crippen molar-refractivity contribution in [3.05, 3.63) is 99.3 Å². The number of carbonyl (C=O) groups excluding carboxylic acids is 1. The molecule has 5 heteroatoms. The second-order valence-corrected chi connectivity index (χ2v) is 9.09. The first kappa shape index (κ1) is 21.5. The van der Waals surface area contributed by atoms with Gasteiger partial charge in [-0.1, -0.05) is 67.4 Å². The van der Waals surface area contributed by atoms with Crippen LogP contribution in [0.5, 0.6) is 0 Å². The van der Waals surface area contributed by atoms with E-state index in [1.165, 1.54) is 11.1 Å². The van der Waals surface area contributed by atoms with Gasteiger partial charge in [-0.3, -0.25) is 14.7 Å². The third-order valence-electron chi connectivity index (χ3n) is 5.81. The van der Waals surface area contributed by atoms with Gasteiger partial charge in [0.15, 0.2) is 0 Å². The van der Waals surface area contributed by atoms with Crippen molar-refractivity contribution in [3.63, 3.8) is 0 Å². The summed E-state index contributed by atoms with van der Waals surface area (Å²) in [5.41, 5.74) is 6.35. The van der Waals surface area contributed by atoms with E-state index in [1.54, 1.807) is 6.20 Å². The molecule has 1 N–H and O–H groups in total. The lowest BCUT2D eigenvalue weighted by molar-refractivity contribution is 0.0950. The van der Waals surface area contributed by atoms with Crippen LogP contribution >= 0.6 is 11.6 Å². The average molecular weight is 434 g/mol. The molecule has 0 fully saturated rings. The molecule has 4 rings (SSSR count). The molecule has 0 unspecified atom stereocenters. The summed E-state index contributed by atoms with van der Waals surface area (Å²) in [6.45, 7) is 8.61. The predicted molar refractivity (Wildman–Crippen MR) is 125 cm³/mol. The van der Waals surface area contributed by atoms with Gasteiger partial charge < -0.3 is 5.32 Å². The SMILES string of the molecule is Cc1ccc(CNC(=O)c2cnc3c(c2)CN(Cc2ccc(Cl)cc2)[C@H]3C(C)C)cc1. The fourth-order valence-corrected chi connectivity index (χ4v) is 4.36. The largest absolute Gasteiger partial charge is 0.348 e. The molecule has 1 aliphatic heterocycles. The van der Waals surface area contributed by atoms with Gasteiger partial charge in [0.25, 0.3) is 5.91 Å².